The molecule has 0 bridgehead atoms. The zero-order chi connectivity index (χ0) is 13.2. The fourth-order valence-electron chi connectivity index (χ4n) is 2.66. The highest BCUT2D eigenvalue weighted by Crippen LogP contribution is 2.21. The summed E-state index contributed by atoms with van der Waals surface area (Å²) in [5.41, 5.74) is 7.15. The van der Waals surface area contributed by atoms with Crippen LogP contribution >= 0.6 is 24.8 Å². The molecule has 6 heteroatoms. The van der Waals surface area contributed by atoms with Crippen molar-refractivity contribution < 1.29 is 4.79 Å². The lowest BCUT2D eigenvalue weighted by molar-refractivity contribution is 0.0789. The molecule has 4 nitrogen and oxygen atoms in total. The zero-order valence-electron chi connectivity index (χ0n) is 11.6. The molecule has 0 aliphatic carbocycles. The van der Waals surface area contributed by atoms with E-state index in [0.29, 0.717) is 18.0 Å². The molecule has 0 saturated carbocycles. The second kappa shape index (κ2) is 7.59. The minimum Gasteiger partial charge on any atom is -0.338 e. The van der Waals surface area contributed by atoms with E-state index >= 15 is 0 Å². The number of fused-ring (bicyclic) bond motifs is 1. The molecule has 1 amide bonds. The van der Waals surface area contributed by atoms with E-state index in [1.807, 2.05) is 35.2 Å². The SMILES string of the molecule is Cl.Cl.NCC1CCN(C(=O)c2cccc3cccnc23)C1. The maximum Gasteiger partial charge on any atom is 0.256 e. The average Bonchev–Trinajstić information content (AvgIpc) is 2.95. The van der Waals surface area contributed by atoms with Crippen LogP contribution in [0.2, 0.25) is 0 Å². The molecule has 1 saturated heterocycles. The molecule has 1 aromatic heterocycles. The van der Waals surface area contributed by atoms with Crippen LogP contribution in [0.4, 0.5) is 0 Å². The Morgan fingerprint density at radius 2 is 2.05 bits per heavy atom. The predicted octanol–water partition coefficient (Wildman–Crippen LogP) is 2.50. The van der Waals surface area contributed by atoms with Gasteiger partial charge in [-0.05, 0) is 31.0 Å². The third-order valence-corrected chi connectivity index (χ3v) is 3.77. The summed E-state index contributed by atoms with van der Waals surface area (Å²) >= 11 is 0. The number of pyridine rings is 1. The Morgan fingerprint density at radius 1 is 1.29 bits per heavy atom. The lowest BCUT2D eigenvalue weighted by Crippen LogP contribution is -2.30. The summed E-state index contributed by atoms with van der Waals surface area (Å²) in [6.45, 7) is 2.21. The Kier molecular flexibility index (Phi) is 6.40. The predicted molar refractivity (Wildman–Crippen MR) is 89.3 cm³/mol. The van der Waals surface area contributed by atoms with Crippen LogP contribution in [0.3, 0.4) is 0 Å². The minimum absolute atomic E-state index is 0. The van der Waals surface area contributed by atoms with E-state index in [2.05, 4.69) is 4.98 Å². The lowest BCUT2D eigenvalue weighted by atomic mass is 10.1. The average molecular weight is 328 g/mol. The van der Waals surface area contributed by atoms with E-state index in [1.165, 1.54) is 0 Å². The second-order valence-electron chi connectivity index (χ2n) is 5.02. The van der Waals surface area contributed by atoms with E-state index in [1.54, 1.807) is 6.20 Å². The number of carbonyl (C=O) groups is 1. The van der Waals surface area contributed by atoms with Crippen LogP contribution in [0.25, 0.3) is 10.9 Å². The van der Waals surface area contributed by atoms with Crippen LogP contribution in [0.1, 0.15) is 16.8 Å². The smallest absolute Gasteiger partial charge is 0.256 e. The molecule has 3 rings (SSSR count). The first-order valence-electron chi connectivity index (χ1n) is 6.62. The molecule has 1 aliphatic heterocycles. The number of benzene rings is 1. The van der Waals surface area contributed by atoms with Crippen LogP contribution in [0, 0.1) is 5.92 Å². The summed E-state index contributed by atoms with van der Waals surface area (Å²) in [5.74, 6) is 0.507. The van der Waals surface area contributed by atoms with Crippen LogP contribution < -0.4 is 5.73 Å². The fourth-order valence-corrected chi connectivity index (χ4v) is 2.66. The van der Waals surface area contributed by atoms with Crippen molar-refractivity contribution >= 4 is 41.6 Å². The van der Waals surface area contributed by atoms with Crippen LogP contribution in [-0.4, -0.2) is 35.4 Å². The monoisotopic (exact) mass is 327 g/mol. The molecule has 0 radical (unpaired) electrons. The standard InChI is InChI=1S/C15H17N3O.2ClH/c16-9-11-6-8-18(10-11)15(19)13-5-1-3-12-4-2-7-17-14(12)13;;/h1-5,7,11H,6,8-10,16H2;2*1H. The Balaban J connectivity index is 0.00000110. The summed E-state index contributed by atoms with van der Waals surface area (Å²) in [7, 11) is 0. The van der Waals surface area contributed by atoms with Gasteiger partial charge in [-0.25, -0.2) is 0 Å². The highest BCUT2D eigenvalue weighted by molar-refractivity contribution is 6.05. The van der Waals surface area contributed by atoms with Gasteiger partial charge >= 0.3 is 0 Å². The van der Waals surface area contributed by atoms with Gasteiger partial charge in [0.25, 0.3) is 5.91 Å². The van der Waals surface area contributed by atoms with E-state index in [-0.39, 0.29) is 30.7 Å². The van der Waals surface area contributed by atoms with Crippen molar-refractivity contribution in [1.29, 1.82) is 0 Å². The number of para-hydroxylation sites is 1. The fraction of sp³-hybridized carbons (Fsp3) is 0.333. The molecule has 21 heavy (non-hydrogen) atoms. The number of nitrogens with two attached hydrogens (primary N) is 1. The molecular weight excluding hydrogens is 309 g/mol. The van der Waals surface area contributed by atoms with Crippen molar-refractivity contribution in [3.8, 4) is 0 Å². The number of nitrogens with zero attached hydrogens (tertiary/aromatic N) is 2. The summed E-state index contributed by atoms with van der Waals surface area (Å²) < 4.78 is 0. The molecule has 1 fully saturated rings. The number of likely N-dealkylation sites (tertiary alicyclic amines) is 1. The van der Waals surface area contributed by atoms with Gasteiger partial charge in [-0.15, -0.1) is 24.8 Å². The van der Waals surface area contributed by atoms with Crippen molar-refractivity contribution in [2.45, 2.75) is 6.42 Å². The molecule has 2 aromatic rings. The van der Waals surface area contributed by atoms with Gasteiger partial charge in [-0.1, -0.05) is 18.2 Å². The van der Waals surface area contributed by atoms with Crippen LogP contribution in [0.15, 0.2) is 36.5 Å². The first-order valence-corrected chi connectivity index (χ1v) is 6.62. The first kappa shape index (κ1) is 17.7. The van der Waals surface area contributed by atoms with Gasteiger partial charge in [0, 0.05) is 24.7 Å². The first-order chi connectivity index (χ1) is 9.29. The van der Waals surface area contributed by atoms with Crippen molar-refractivity contribution in [3.05, 3.63) is 42.1 Å². The minimum atomic E-state index is 0. The molecular formula is C15H19Cl2N3O. The Morgan fingerprint density at radius 3 is 2.76 bits per heavy atom. The molecule has 1 unspecified atom stereocenters. The number of carbonyl (C=O) groups excluding carboxylic acids is 1. The summed E-state index contributed by atoms with van der Waals surface area (Å²) in [6.07, 6.45) is 2.73. The van der Waals surface area contributed by atoms with E-state index < -0.39 is 0 Å². The molecule has 1 aliphatic rings. The van der Waals surface area contributed by atoms with Crippen molar-refractivity contribution in [3.63, 3.8) is 0 Å². The number of aromatic nitrogens is 1. The Bertz CT molecular complexity index is 615. The molecule has 0 spiro atoms. The number of halogens is 2. The number of amides is 1. The van der Waals surface area contributed by atoms with Gasteiger partial charge in [0.05, 0.1) is 11.1 Å². The Hall–Kier alpha value is -1.36. The molecule has 114 valence electrons. The molecule has 2 heterocycles. The largest absolute Gasteiger partial charge is 0.338 e. The number of rotatable bonds is 2. The van der Waals surface area contributed by atoms with Crippen LogP contribution in [-0.2, 0) is 0 Å². The van der Waals surface area contributed by atoms with Gasteiger partial charge in [-0.3, -0.25) is 9.78 Å². The van der Waals surface area contributed by atoms with Crippen molar-refractivity contribution in [2.24, 2.45) is 11.7 Å². The summed E-state index contributed by atoms with van der Waals surface area (Å²) in [4.78, 5) is 18.8. The van der Waals surface area contributed by atoms with E-state index in [0.717, 1.165) is 30.4 Å². The van der Waals surface area contributed by atoms with Gasteiger partial charge in [-0.2, -0.15) is 0 Å². The highest BCUT2D eigenvalue weighted by Gasteiger charge is 2.26. The zero-order valence-corrected chi connectivity index (χ0v) is 13.2. The van der Waals surface area contributed by atoms with E-state index in [4.69, 9.17) is 5.73 Å². The Labute approximate surface area is 136 Å². The van der Waals surface area contributed by atoms with Gasteiger partial charge in [0.1, 0.15) is 0 Å². The highest BCUT2D eigenvalue weighted by atomic mass is 35.5. The number of hydrogen-bond acceptors (Lipinski definition) is 3. The lowest BCUT2D eigenvalue weighted by Gasteiger charge is -2.17. The maximum atomic E-state index is 12.6. The third-order valence-electron chi connectivity index (χ3n) is 3.77. The number of hydrogen-bond donors (Lipinski definition) is 1. The molecule has 1 atom stereocenters. The van der Waals surface area contributed by atoms with Gasteiger partial charge in [0.2, 0.25) is 0 Å². The van der Waals surface area contributed by atoms with Crippen molar-refractivity contribution in [2.75, 3.05) is 19.6 Å². The molecule has 2 N–H and O–H groups in total. The third kappa shape index (κ3) is 3.46. The normalized spacial score (nSPS) is 17.2. The van der Waals surface area contributed by atoms with Gasteiger partial charge in [0.15, 0.2) is 0 Å². The summed E-state index contributed by atoms with van der Waals surface area (Å²) in [6, 6.07) is 9.61. The quantitative estimate of drug-likeness (QED) is 0.921. The summed E-state index contributed by atoms with van der Waals surface area (Å²) in [5, 5.41) is 1.00. The van der Waals surface area contributed by atoms with Crippen LogP contribution in [0.5, 0.6) is 0 Å². The topological polar surface area (TPSA) is 59.2 Å². The van der Waals surface area contributed by atoms with E-state index in [9.17, 15) is 4.79 Å². The molecule has 1 aromatic carbocycles. The second-order valence-corrected chi connectivity index (χ2v) is 5.02. The van der Waals surface area contributed by atoms with Crippen molar-refractivity contribution in [1.82, 2.24) is 9.88 Å². The maximum absolute atomic E-state index is 12.6. The van der Waals surface area contributed by atoms with Gasteiger partial charge < -0.3 is 10.6 Å².